The highest BCUT2D eigenvalue weighted by atomic mass is 79.9. The Morgan fingerprint density at radius 1 is 1.45 bits per heavy atom. The molecule has 1 aliphatic rings. The van der Waals surface area contributed by atoms with Crippen LogP contribution in [0.4, 0.5) is 0 Å². The standard InChI is InChI=1S/C10H10BrN3O3S2.ClH/c11-5-1-8(18-2-5)9-13-10(17-14-9)6-3-19(15,16)4-7(6)12;/h1-2,6-7H,3-4,12H2;1H/t6-,7-;/m1./s1. The van der Waals surface area contributed by atoms with Crippen LogP contribution in [0.1, 0.15) is 11.8 Å². The SMILES string of the molecule is Cl.N[C@@H]1CS(=O)(=O)C[C@H]1c1nc(-c2cc(Br)cs2)no1. The number of hydrogen-bond donors (Lipinski definition) is 1. The summed E-state index contributed by atoms with van der Waals surface area (Å²) in [6, 6.07) is 1.40. The molecule has 2 aromatic rings. The quantitative estimate of drug-likeness (QED) is 0.825. The van der Waals surface area contributed by atoms with E-state index in [0.29, 0.717) is 11.7 Å². The third-order valence-corrected chi connectivity index (χ3v) is 6.39. The Morgan fingerprint density at radius 2 is 2.20 bits per heavy atom. The minimum atomic E-state index is -3.10. The Kier molecular flexibility index (Phi) is 4.55. The molecule has 2 aromatic heterocycles. The number of sulfone groups is 1. The maximum atomic E-state index is 11.5. The summed E-state index contributed by atoms with van der Waals surface area (Å²) in [5.74, 6) is 0.300. The van der Waals surface area contributed by atoms with Crippen LogP contribution < -0.4 is 5.73 Å². The van der Waals surface area contributed by atoms with Crippen molar-refractivity contribution >= 4 is 49.5 Å². The van der Waals surface area contributed by atoms with Gasteiger partial charge in [-0.2, -0.15) is 4.98 Å². The normalized spacial score (nSPS) is 24.5. The largest absolute Gasteiger partial charge is 0.339 e. The molecule has 1 aliphatic heterocycles. The number of thiophene rings is 1. The highest BCUT2D eigenvalue weighted by Crippen LogP contribution is 2.31. The Bertz CT molecular complexity index is 715. The van der Waals surface area contributed by atoms with Crippen molar-refractivity contribution in [2.45, 2.75) is 12.0 Å². The van der Waals surface area contributed by atoms with E-state index in [4.69, 9.17) is 10.3 Å². The first-order valence-electron chi connectivity index (χ1n) is 5.48. The van der Waals surface area contributed by atoms with E-state index >= 15 is 0 Å². The summed E-state index contributed by atoms with van der Waals surface area (Å²) >= 11 is 4.83. The van der Waals surface area contributed by atoms with E-state index in [1.165, 1.54) is 11.3 Å². The van der Waals surface area contributed by atoms with Gasteiger partial charge in [-0.3, -0.25) is 0 Å². The second kappa shape index (κ2) is 5.72. The molecule has 110 valence electrons. The third-order valence-electron chi connectivity index (χ3n) is 2.94. The fourth-order valence-electron chi connectivity index (χ4n) is 2.05. The third kappa shape index (κ3) is 3.06. The summed E-state index contributed by atoms with van der Waals surface area (Å²) < 4.78 is 29.2. The van der Waals surface area contributed by atoms with Crippen LogP contribution in [0.2, 0.25) is 0 Å². The van der Waals surface area contributed by atoms with Crippen molar-refractivity contribution in [1.29, 1.82) is 0 Å². The second-order valence-corrected chi connectivity index (χ2v) is 8.41. The zero-order valence-corrected chi connectivity index (χ0v) is 14.1. The summed E-state index contributed by atoms with van der Waals surface area (Å²) in [6.07, 6.45) is 0. The van der Waals surface area contributed by atoms with Crippen LogP contribution in [-0.4, -0.2) is 36.1 Å². The topological polar surface area (TPSA) is 99.1 Å². The number of halogens is 2. The maximum absolute atomic E-state index is 11.5. The van der Waals surface area contributed by atoms with Crippen molar-refractivity contribution in [2.24, 2.45) is 5.73 Å². The highest BCUT2D eigenvalue weighted by Gasteiger charge is 2.39. The van der Waals surface area contributed by atoms with Crippen LogP contribution in [0.15, 0.2) is 20.4 Å². The van der Waals surface area contributed by atoms with Gasteiger partial charge >= 0.3 is 0 Å². The van der Waals surface area contributed by atoms with Crippen molar-refractivity contribution in [3.8, 4) is 10.7 Å². The molecule has 0 aromatic carbocycles. The zero-order valence-electron chi connectivity index (χ0n) is 10.0. The van der Waals surface area contributed by atoms with E-state index in [9.17, 15) is 8.42 Å². The van der Waals surface area contributed by atoms with Crippen molar-refractivity contribution in [1.82, 2.24) is 10.1 Å². The minimum absolute atomic E-state index is 0. The summed E-state index contributed by atoms with van der Waals surface area (Å²) in [7, 11) is -3.10. The molecule has 0 spiro atoms. The van der Waals surface area contributed by atoms with E-state index in [0.717, 1.165) is 9.35 Å². The van der Waals surface area contributed by atoms with Gasteiger partial charge < -0.3 is 10.3 Å². The molecule has 3 heterocycles. The molecular formula is C10H11BrClN3O3S2. The Labute approximate surface area is 134 Å². The lowest BCUT2D eigenvalue weighted by molar-refractivity contribution is 0.352. The number of aromatic nitrogens is 2. The van der Waals surface area contributed by atoms with Crippen molar-refractivity contribution in [3.05, 3.63) is 21.8 Å². The van der Waals surface area contributed by atoms with Crippen LogP contribution in [0.5, 0.6) is 0 Å². The van der Waals surface area contributed by atoms with Gasteiger partial charge in [-0.1, -0.05) is 5.16 Å². The molecule has 20 heavy (non-hydrogen) atoms. The lowest BCUT2D eigenvalue weighted by atomic mass is 10.1. The van der Waals surface area contributed by atoms with Gasteiger partial charge in [0.2, 0.25) is 11.7 Å². The first-order valence-corrected chi connectivity index (χ1v) is 8.98. The van der Waals surface area contributed by atoms with Gasteiger partial charge in [-0.05, 0) is 22.0 Å². The average Bonchev–Trinajstić information content (AvgIpc) is 2.97. The van der Waals surface area contributed by atoms with Crippen LogP contribution in [0.25, 0.3) is 10.7 Å². The molecule has 0 unspecified atom stereocenters. The van der Waals surface area contributed by atoms with E-state index in [1.807, 2.05) is 11.4 Å². The van der Waals surface area contributed by atoms with Gasteiger partial charge in [0.25, 0.3) is 0 Å². The predicted octanol–water partition coefficient (Wildman–Crippen LogP) is 1.82. The first kappa shape index (κ1) is 15.9. The predicted molar refractivity (Wildman–Crippen MR) is 81.9 cm³/mol. The molecular weight excluding hydrogens is 390 g/mol. The summed E-state index contributed by atoms with van der Waals surface area (Å²) in [5, 5.41) is 5.79. The highest BCUT2D eigenvalue weighted by molar-refractivity contribution is 9.10. The van der Waals surface area contributed by atoms with E-state index in [-0.39, 0.29) is 23.9 Å². The molecule has 0 saturated carbocycles. The van der Waals surface area contributed by atoms with E-state index in [2.05, 4.69) is 26.1 Å². The fraction of sp³-hybridized carbons (Fsp3) is 0.400. The first-order chi connectivity index (χ1) is 8.94. The van der Waals surface area contributed by atoms with Crippen LogP contribution in [-0.2, 0) is 9.84 Å². The lowest BCUT2D eigenvalue weighted by Crippen LogP contribution is -2.27. The van der Waals surface area contributed by atoms with Gasteiger partial charge in [0.1, 0.15) is 0 Å². The van der Waals surface area contributed by atoms with E-state index < -0.39 is 21.8 Å². The molecule has 3 rings (SSSR count). The molecule has 1 fully saturated rings. The number of nitrogens with zero attached hydrogens (tertiary/aromatic N) is 2. The Morgan fingerprint density at radius 3 is 2.75 bits per heavy atom. The second-order valence-electron chi connectivity index (χ2n) is 4.43. The molecule has 1 saturated heterocycles. The van der Waals surface area contributed by atoms with Gasteiger partial charge in [0.05, 0.1) is 22.3 Å². The number of hydrogen-bond acceptors (Lipinski definition) is 7. The Hall–Kier alpha value is -0.480. The summed E-state index contributed by atoms with van der Waals surface area (Å²) in [5.41, 5.74) is 5.83. The summed E-state index contributed by atoms with van der Waals surface area (Å²) in [6.45, 7) is 0. The van der Waals surface area contributed by atoms with Crippen molar-refractivity contribution in [3.63, 3.8) is 0 Å². The summed E-state index contributed by atoms with van der Waals surface area (Å²) in [4.78, 5) is 5.12. The lowest BCUT2D eigenvalue weighted by Gasteiger charge is -2.06. The van der Waals surface area contributed by atoms with Crippen LogP contribution in [0.3, 0.4) is 0 Å². The molecule has 2 atom stereocenters. The van der Waals surface area contributed by atoms with Crippen LogP contribution >= 0.6 is 39.7 Å². The van der Waals surface area contributed by atoms with Gasteiger partial charge in [0.15, 0.2) is 9.84 Å². The van der Waals surface area contributed by atoms with Gasteiger partial charge in [-0.25, -0.2) is 8.42 Å². The molecule has 0 bridgehead atoms. The molecule has 10 heteroatoms. The van der Waals surface area contributed by atoms with Crippen molar-refractivity contribution < 1.29 is 12.9 Å². The van der Waals surface area contributed by atoms with Crippen LogP contribution in [0, 0.1) is 0 Å². The monoisotopic (exact) mass is 399 g/mol. The number of rotatable bonds is 2. The molecule has 0 amide bonds. The molecule has 6 nitrogen and oxygen atoms in total. The Balaban J connectivity index is 0.00000147. The van der Waals surface area contributed by atoms with Crippen molar-refractivity contribution in [2.75, 3.05) is 11.5 Å². The molecule has 0 radical (unpaired) electrons. The van der Waals surface area contributed by atoms with Gasteiger partial charge in [-0.15, -0.1) is 23.7 Å². The smallest absolute Gasteiger partial charge is 0.232 e. The molecule has 0 aliphatic carbocycles. The fourth-order valence-corrected chi connectivity index (χ4v) is 5.29. The van der Waals surface area contributed by atoms with Gasteiger partial charge in [0, 0.05) is 15.9 Å². The van der Waals surface area contributed by atoms with E-state index in [1.54, 1.807) is 0 Å². The molecule has 2 N–H and O–H groups in total. The number of nitrogens with two attached hydrogens (primary N) is 1. The minimum Gasteiger partial charge on any atom is -0.339 e. The average molecular weight is 401 g/mol. The maximum Gasteiger partial charge on any atom is 0.232 e. The zero-order chi connectivity index (χ0) is 13.6.